The van der Waals surface area contributed by atoms with Crippen LogP contribution in [0.1, 0.15) is 45.1 Å². The molecule has 0 saturated carbocycles. The normalized spacial score (nSPS) is 15.5. The molecule has 1 aromatic rings. The second-order valence-electron chi connectivity index (χ2n) is 5.95. The van der Waals surface area contributed by atoms with Crippen LogP contribution in [0.3, 0.4) is 0 Å². The van der Waals surface area contributed by atoms with Crippen LogP contribution in [0.5, 0.6) is 5.75 Å². The Labute approximate surface area is 170 Å². The van der Waals surface area contributed by atoms with E-state index in [2.05, 4.69) is 0 Å². The highest BCUT2D eigenvalue weighted by atomic mass is 32.2. The lowest BCUT2D eigenvalue weighted by atomic mass is 10.2. The average Bonchev–Trinajstić information content (AvgIpc) is 2.90. The van der Waals surface area contributed by atoms with Crippen LogP contribution in [0.4, 0.5) is 0 Å². The van der Waals surface area contributed by atoms with Crippen molar-refractivity contribution in [2.45, 2.75) is 39.5 Å². The molecule has 1 saturated heterocycles. The van der Waals surface area contributed by atoms with E-state index in [1.54, 1.807) is 11.8 Å². The largest absolute Gasteiger partial charge is 0.494 e. The lowest BCUT2D eigenvalue weighted by molar-refractivity contribution is -0.143. The van der Waals surface area contributed by atoms with Gasteiger partial charge in [0.2, 0.25) is 0 Å². The van der Waals surface area contributed by atoms with Crippen LogP contribution in [0.25, 0.3) is 6.08 Å². The maximum absolute atomic E-state index is 12.6. The highest BCUT2D eigenvalue weighted by molar-refractivity contribution is 8.26. The fraction of sp³-hybridized carbons (Fsp3) is 0.450. The number of hydrogen-bond donors (Lipinski definition) is 0. The molecule has 5 nitrogen and oxygen atoms in total. The highest BCUT2D eigenvalue weighted by Crippen LogP contribution is 2.33. The van der Waals surface area contributed by atoms with E-state index in [1.165, 1.54) is 11.8 Å². The average molecular weight is 408 g/mol. The standard InChI is InChI=1S/C20H25NO4S2/c1-3-24-16-11-9-15(10-12-16)14-17-19(23)21(20(26)27-17)13-7-5-6-8-18(22)25-4-2/h9-12,14H,3-8,13H2,1-2H3/b17-14-. The molecule has 1 heterocycles. The number of carbonyl (C=O) groups is 2. The first-order valence-electron chi connectivity index (χ1n) is 9.19. The van der Waals surface area contributed by atoms with Crippen LogP contribution < -0.4 is 4.74 Å². The van der Waals surface area contributed by atoms with Crippen molar-refractivity contribution in [1.29, 1.82) is 0 Å². The number of unbranched alkanes of at least 4 members (excludes halogenated alkanes) is 2. The molecule has 0 atom stereocenters. The van der Waals surface area contributed by atoms with Crippen LogP contribution in [0.2, 0.25) is 0 Å². The molecule has 1 aromatic carbocycles. The molecule has 1 fully saturated rings. The first kappa shape index (κ1) is 21.4. The Hall–Kier alpha value is -1.86. The van der Waals surface area contributed by atoms with E-state index in [9.17, 15) is 9.59 Å². The number of nitrogens with zero attached hydrogens (tertiary/aromatic N) is 1. The topological polar surface area (TPSA) is 55.8 Å². The number of rotatable bonds is 10. The quantitative estimate of drug-likeness (QED) is 0.248. The predicted molar refractivity (Wildman–Crippen MR) is 113 cm³/mol. The minimum atomic E-state index is -0.165. The van der Waals surface area contributed by atoms with E-state index in [4.69, 9.17) is 21.7 Å². The fourth-order valence-electron chi connectivity index (χ4n) is 2.62. The van der Waals surface area contributed by atoms with Gasteiger partial charge < -0.3 is 9.47 Å². The van der Waals surface area contributed by atoms with Gasteiger partial charge >= 0.3 is 5.97 Å². The molecular formula is C20H25NO4S2. The fourth-order valence-corrected chi connectivity index (χ4v) is 3.93. The molecule has 7 heteroatoms. The number of hydrogen-bond acceptors (Lipinski definition) is 6. The van der Waals surface area contributed by atoms with Gasteiger partial charge in [-0.1, -0.05) is 42.5 Å². The molecule has 0 unspecified atom stereocenters. The summed E-state index contributed by atoms with van der Waals surface area (Å²) >= 11 is 6.68. The zero-order valence-corrected chi connectivity index (χ0v) is 17.4. The molecular weight excluding hydrogens is 382 g/mol. The zero-order chi connectivity index (χ0) is 19.6. The van der Waals surface area contributed by atoms with Crippen molar-refractivity contribution < 1.29 is 19.1 Å². The number of benzene rings is 1. The Morgan fingerprint density at radius 1 is 1.15 bits per heavy atom. The van der Waals surface area contributed by atoms with Gasteiger partial charge in [-0.2, -0.15) is 0 Å². The van der Waals surface area contributed by atoms with Gasteiger partial charge in [0.1, 0.15) is 10.1 Å². The second kappa shape index (κ2) is 11.1. The summed E-state index contributed by atoms with van der Waals surface area (Å²) in [6, 6.07) is 7.62. The van der Waals surface area contributed by atoms with Gasteiger partial charge in [-0.25, -0.2) is 0 Å². The smallest absolute Gasteiger partial charge is 0.305 e. The van der Waals surface area contributed by atoms with E-state index < -0.39 is 0 Å². The second-order valence-corrected chi connectivity index (χ2v) is 7.63. The van der Waals surface area contributed by atoms with Crippen LogP contribution in [-0.2, 0) is 14.3 Å². The van der Waals surface area contributed by atoms with Crippen LogP contribution in [0, 0.1) is 0 Å². The maximum atomic E-state index is 12.6. The number of thioether (sulfide) groups is 1. The van der Waals surface area contributed by atoms with Crippen molar-refractivity contribution in [1.82, 2.24) is 4.90 Å². The van der Waals surface area contributed by atoms with E-state index in [-0.39, 0.29) is 11.9 Å². The summed E-state index contributed by atoms with van der Waals surface area (Å²) < 4.78 is 10.9. The lowest BCUT2D eigenvalue weighted by Crippen LogP contribution is -2.29. The van der Waals surface area contributed by atoms with Crippen molar-refractivity contribution in [3.8, 4) is 5.75 Å². The molecule has 1 aliphatic heterocycles. The summed E-state index contributed by atoms with van der Waals surface area (Å²) in [6.07, 6.45) is 4.70. The maximum Gasteiger partial charge on any atom is 0.305 e. The van der Waals surface area contributed by atoms with Crippen LogP contribution >= 0.6 is 24.0 Å². The Morgan fingerprint density at radius 2 is 1.89 bits per heavy atom. The summed E-state index contributed by atoms with van der Waals surface area (Å²) in [5.41, 5.74) is 0.938. The zero-order valence-electron chi connectivity index (χ0n) is 15.7. The van der Waals surface area contributed by atoms with Gasteiger partial charge in [0.25, 0.3) is 5.91 Å². The number of thiocarbonyl (C=S) groups is 1. The molecule has 0 aromatic heterocycles. The van der Waals surface area contributed by atoms with Crippen molar-refractivity contribution in [3.05, 3.63) is 34.7 Å². The molecule has 1 aliphatic rings. The third kappa shape index (κ3) is 6.66. The minimum Gasteiger partial charge on any atom is -0.494 e. The summed E-state index contributed by atoms with van der Waals surface area (Å²) in [6.45, 7) is 5.35. The number of esters is 1. The molecule has 146 valence electrons. The van der Waals surface area contributed by atoms with Gasteiger partial charge in [0.05, 0.1) is 18.1 Å². The Bertz CT molecular complexity index is 700. The van der Waals surface area contributed by atoms with Gasteiger partial charge in [-0.15, -0.1) is 0 Å². The molecule has 0 radical (unpaired) electrons. The van der Waals surface area contributed by atoms with Crippen molar-refractivity contribution in [2.24, 2.45) is 0 Å². The number of amides is 1. The van der Waals surface area contributed by atoms with E-state index in [1.807, 2.05) is 37.3 Å². The van der Waals surface area contributed by atoms with Gasteiger partial charge in [-0.05, 0) is 50.5 Å². The molecule has 27 heavy (non-hydrogen) atoms. The van der Waals surface area contributed by atoms with E-state index in [0.717, 1.165) is 30.6 Å². The van der Waals surface area contributed by atoms with Crippen LogP contribution in [0.15, 0.2) is 29.2 Å². The SMILES string of the molecule is CCOC(=O)CCCCCN1C(=O)/C(=C/c2ccc(OCC)cc2)SC1=S. The Morgan fingerprint density at radius 3 is 2.56 bits per heavy atom. The van der Waals surface area contributed by atoms with Crippen molar-refractivity contribution in [2.75, 3.05) is 19.8 Å². The monoisotopic (exact) mass is 407 g/mol. The first-order chi connectivity index (χ1) is 13.0. The Balaban J connectivity index is 1.84. The molecule has 0 bridgehead atoms. The van der Waals surface area contributed by atoms with E-state index in [0.29, 0.717) is 35.4 Å². The van der Waals surface area contributed by atoms with E-state index >= 15 is 0 Å². The number of carbonyl (C=O) groups excluding carboxylic acids is 2. The van der Waals surface area contributed by atoms with Gasteiger partial charge in [-0.3, -0.25) is 14.5 Å². The molecule has 0 spiro atoms. The summed E-state index contributed by atoms with van der Waals surface area (Å²) in [7, 11) is 0. The molecule has 0 aliphatic carbocycles. The van der Waals surface area contributed by atoms with Gasteiger partial charge in [0, 0.05) is 13.0 Å². The first-order valence-corrected chi connectivity index (χ1v) is 10.4. The number of ether oxygens (including phenoxy) is 2. The molecule has 0 N–H and O–H groups in total. The molecule has 2 rings (SSSR count). The van der Waals surface area contributed by atoms with Crippen LogP contribution in [-0.4, -0.2) is 40.9 Å². The van der Waals surface area contributed by atoms with Crippen molar-refractivity contribution >= 4 is 46.3 Å². The third-order valence-electron chi connectivity index (χ3n) is 3.93. The summed E-state index contributed by atoms with van der Waals surface area (Å²) in [4.78, 5) is 26.2. The highest BCUT2D eigenvalue weighted by Gasteiger charge is 2.31. The minimum absolute atomic E-state index is 0.0516. The lowest BCUT2D eigenvalue weighted by Gasteiger charge is -2.13. The summed E-state index contributed by atoms with van der Waals surface area (Å²) in [5.74, 6) is 0.593. The van der Waals surface area contributed by atoms with Gasteiger partial charge in [0.15, 0.2) is 0 Å². The Kier molecular flexibility index (Phi) is 8.81. The third-order valence-corrected chi connectivity index (χ3v) is 5.31. The summed E-state index contributed by atoms with van der Waals surface area (Å²) in [5, 5.41) is 0. The van der Waals surface area contributed by atoms with Crippen molar-refractivity contribution in [3.63, 3.8) is 0 Å². The molecule has 1 amide bonds. The predicted octanol–water partition coefficient (Wildman–Crippen LogP) is 4.41.